The van der Waals surface area contributed by atoms with E-state index in [4.69, 9.17) is 16.3 Å². The number of piperidine rings is 1. The summed E-state index contributed by atoms with van der Waals surface area (Å²) in [5, 5.41) is 3.60. The molecule has 0 unspecified atom stereocenters. The molecule has 1 N–H and O–H groups in total. The minimum Gasteiger partial charge on any atom is -0.477 e. The summed E-state index contributed by atoms with van der Waals surface area (Å²) >= 11 is 5.76. The first-order valence-corrected chi connectivity index (χ1v) is 5.96. The van der Waals surface area contributed by atoms with Gasteiger partial charge >= 0.3 is 0 Å². The quantitative estimate of drug-likeness (QED) is 0.820. The number of hydrogen-bond acceptors (Lipinski definition) is 4. The number of ether oxygens (including phenoxy) is 1. The van der Waals surface area contributed by atoms with E-state index in [2.05, 4.69) is 15.3 Å². The highest BCUT2D eigenvalue weighted by Crippen LogP contribution is 2.15. The van der Waals surface area contributed by atoms with E-state index in [0.717, 1.165) is 18.8 Å². The fraction of sp³-hybridized carbons (Fsp3) is 0.636. The Kier molecular flexibility index (Phi) is 3.96. The van der Waals surface area contributed by atoms with Gasteiger partial charge in [0.05, 0.1) is 6.61 Å². The Morgan fingerprint density at radius 1 is 1.56 bits per heavy atom. The van der Waals surface area contributed by atoms with Crippen LogP contribution in [0.3, 0.4) is 0 Å². The van der Waals surface area contributed by atoms with Crippen molar-refractivity contribution in [1.29, 1.82) is 0 Å². The zero-order valence-corrected chi connectivity index (χ0v) is 10.1. The van der Waals surface area contributed by atoms with E-state index in [1.165, 1.54) is 12.8 Å². The van der Waals surface area contributed by atoms with Crippen LogP contribution in [-0.4, -0.2) is 29.7 Å². The average Bonchev–Trinajstić information content (AvgIpc) is 2.27. The first kappa shape index (κ1) is 11.6. The summed E-state index contributed by atoms with van der Waals surface area (Å²) in [6, 6.07) is 1.81. The summed E-state index contributed by atoms with van der Waals surface area (Å²) in [6.07, 6.45) is 2.43. The van der Waals surface area contributed by atoms with E-state index >= 15 is 0 Å². The molecule has 1 aliphatic heterocycles. The maximum Gasteiger partial charge on any atom is 0.225 e. The molecule has 1 aromatic rings. The molecule has 0 aromatic carbocycles. The van der Waals surface area contributed by atoms with Gasteiger partial charge in [0.2, 0.25) is 11.2 Å². The minimum atomic E-state index is 0.247. The molecule has 0 aliphatic carbocycles. The lowest BCUT2D eigenvalue weighted by molar-refractivity contribution is 0.212. The van der Waals surface area contributed by atoms with E-state index < -0.39 is 0 Å². The highest BCUT2D eigenvalue weighted by atomic mass is 35.5. The molecular formula is C11H16ClN3O. The van der Waals surface area contributed by atoms with Crippen molar-refractivity contribution in [3.8, 4) is 5.88 Å². The first-order chi connectivity index (χ1) is 7.74. The Hall–Kier alpha value is -0.870. The smallest absolute Gasteiger partial charge is 0.225 e. The molecule has 0 saturated carbocycles. The van der Waals surface area contributed by atoms with Crippen molar-refractivity contribution in [3.63, 3.8) is 0 Å². The molecule has 88 valence electrons. The lowest BCUT2D eigenvalue weighted by Crippen LogP contribution is -2.33. The summed E-state index contributed by atoms with van der Waals surface area (Å²) in [7, 11) is 0. The molecule has 2 heterocycles. The van der Waals surface area contributed by atoms with Crippen molar-refractivity contribution < 1.29 is 4.74 Å². The van der Waals surface area contributed by atoms with Crippen molar-refractivity contribution >= 4 is 11.6 Å². The van der Waals surface area contributed by atoms with Gasteiger partial charge < -0.3 is 10.1 Å². The van der Waals surface area contributed by atoms with Gasteiger partial charge in [-0.15, -0.1) is 0 Å². The van der Waals surface area contributed by atoms with Crippen LogP contribution in [0.25, 0.3) is 0 Å². The summed E-state index contributed by atoms with van der Waals surface area (Å²) in [5.41, 5.74) is 0.830. The number of nitrogens with one attached hydrogen (secondary N) is 1. The second kappa shape index (κ2) is 5.46. The number of nitrogens with zero attached hydrogens (tertiary/aromatic N) is 2. The molecule has 5 heteroatoms. The van der Waals surface area contributed by atoms with Gasteiger partial charge in [-0.2, -0.15) is 4.98 Å². The third kappa shape index (κ3) is 3.32. The Morgan fingerprint density at radius 2 is 2.44 bits per heavy atom. The predicted molar refractivity (Wildman–Crippen MR) is 62.9 cm³/mol. The summed E-state index contributed by atoms with van der Waals surface area (Å²) in [4.78, 5) is 8.02. The van der Waals surface area contributed by atoms with Crippen molar-refractivity contribution in [1.82, 2.24) is 15.3 Å². The van der Waals surface area contributed by atoms with Gasteiger partial charge in [0, 0.05) is 24.2 Å². The largest absolute Gasteiger partial charge is 0.477 e. The second-order valence-corrected chi connectivity index (χ2v) is 4.48. The molecule has 1 fully saturated rings. The molecule has 0 bridgehead atoms. The van der Waals surface area contributed by atoms with Crippen LogP contribution in [0.1, 0.15) is 18.5 Å². The summed E-state index contributed by atoms with van der Waals surface area (Å²) in [6.45, 7) is 4.72. The van der Waals surface area contributed by atoms with Crippen molar-refractivity contribution in [2.24, 2.45) is 5.92 Å². The topological polar surface area (TPSA) is 47.0 Å². The Bertz CT molecular complexity index is 333. The SMILES string of the molecule is Cc1cc(OC[C@H]2CCCNC2)nc(Cl)n1. The number of aryl methyl sites for hydroxylation is 1. The van der Waals surface area contributed by atoms with Gasteiger partial charge in [0.25, 0.3) is 0 Å². The summed E-state index contributed by atoms with van der Waals surface area (Å²) < 4.78 is 5.63. The minimum absolute atomic E-state index is 0.247. The fourth-order valence-corrected chi connectivity index (χ4v) is 2.06. The molecule has 1 aromatic heterocycles. The lowest BCUT2D eigenvalue weighted by Gasteiger charge is -2.22. The van der Waals surface area contributed by atoms with Crippen LogP contribution in [0.15, 0.2) is 6.07 Å². The lowest BCUT2D eigenvalue weighted by atomic mass is 10.0. The number of halogens is 1. The van der Waals surface area contributed by atoms with Gasteiger partial charge in [-0.25, -0.2) is 4.98 Å². The number of rotatable bonds is 3. The number of aromatic nitrogens is 2. The molecule has 0 radical (unpaired) electrons. The van der Waals surface area contributed by atoms with Crippen LogP contribution in [0.4, 0.5) is 0 Å². The molecular weight excluding hydrogens is 226 g/mol. The second-order valence-electron chi connectivity index (χ2n) is 4.14. The van der Waals surface area contributed by atoms with E-state index in [1.54, 1.807) is 0 Å². The van der Waals surface area contributed by atoms with Crippen LogP contribution in [-0.2, 0) is 0 Å². The Balaban J connectivity index is 1.88. The fourth-order valence-electron chi connectivity index (χ4n) is 1.85. The van der Waals surface area contributed by atoms with E-state index in [-0.39, 0.29) is 5.28 Å². The standard InChI is InChI=1S/C11H16ClN3O/c1-8-5-10(15-11(12)14-8)16-7-9-3-2-4-13-6-9/h5,9,13H,2-4,6-7H2,1H3/t9-/m0/s1. The maximum absolute atomic E-state index is 5.76. The Morgan fingerprint density at radius 3 is 3.12 bits per heavy atom. The van der Waals surface area contributed by atoms with Crippen molar-refractivity contribution in [2.75, 3.05) is 19.7 Å². The summed E-state index contributed by atoms with van der Waals surface area (Å²) in [5.74, 6) is 1.14. The van der Waals surface area contributed by atoms with Crippen LogP contribution >= 0.6 is 11.6 Å². The Labute approximate surface area is 100 Å². The predicted octanol–water partition coefficient (Wildman–Crippen LogP) is 1.82. The molecule has 1 aliphatic rings. The third-order valence-corrected chi connectivity index (χ3v) is 2.84. The van der Waals surface area contributed by atoms with Crippen LogP contribution in [0, 0.1) is 12.8 Å². The van der Waals surface area contributed by atoms with Crippen LogP contribution in [0.5, 0.6) is 5.88 Å². The van der Waals surface area contributed by atoms with Crippen molar-refractivity contribution in [2.45, 2.75) is 19.8 Å². The molecule has 0 spiro atoms. The zero-order chi connectivity index (χ0) is 11.4. The molecule has 1 saturated heterocycles. The monoisotopic (exact) mass is 241 g/mol. The molecule has 16 heavy (non-hydrogen) atoms. The van der Waals surface area contributed by atoms with Gasteiger partial charge in [0.15, 0.2) is 0 Å². The zero-order valence-electron chi connectivity index (χ0n) is 9.37. The van der Waals surface area contributed by atoms with Crippen molar-refractivity contribution in [3.05, 3.63) is 17.0 Å². The highest BCUT2D eigenvalue weighted by molar-refractivity contribution is 6.28. The van der Waals surface area contributed by atoms with Crippen LogP contribution < -0.4 is 10.1 Å². The van der Waals surface area contributed by atoms with Gasteiger partial charge in [0.1, 0.15) is 0 Å². The average molecular weight is 242 g/mol. The maximum atomic E-state index is 5.76. The van der Waals surface area contributed by atoms with Gasteiger partial charge in [-0.1, -0.05) is 0 Å². The molecule has 4 nitrogen and oxygen atoms in total. The van der Waals surface area contributed by atoms with Gasteiger partial charge in [-0.3, -0.25) is 0 Å². The van der Waals surface area contributed by atoms with E-state index in [1.807, 2.05) is 13.0 Å². The molecule has 2 rings (SSSR count). The normalized spacial score (nSPS) is 20.8. The molecule has 0 amide bonds. The highest BCUT2D eigenvalue weighted by Gasteiger charge is 2.14. The van der Waals surface area contributed by atoms with E-state index in [0.29, 0.717) is 18.4 Å². The van der Waals surface area contributed by atoms with Gasteiger partial charge in [-0.05, 0) is 37.9 Å². The van der Waals surface area contributed by atoms with E-state index in [9.17, 15) is 0 Å². The number of hydrogen-bond donors (Lipinski definition) is 1. The first-order valence-electron chi connectivity index (χ1n) is 5.59. The third-order valence-electron chi connectivity index (χ3n) is 2.67. The van der Waals surface area contributed by atoms with Crippen LogP contribution in [0.2, 0.25) is 5.28 Å². The molecule has 1 atom stereocenters.